The van der Waals surface area contributed by atoms with Crippen LogP contribution in [0.25, 0.3) is 0 Å². The molecule has 1 aromatic heterocycles. The standard InChI is InChI=1S/C15H14BrNO2S/c16-13-6-11-1-3-19-15(11)12(7-13)8-17-14(18)5-10-2-4-20-9-10/h2,4,6-7,9H,1,3,5,8H2,(H,17,18). The fourth-order valence-corrected chi connectivity index (χ4v) is 3.53. The Kier molecular flexibility index (Phi) is 4.08. The zero-order valence-electron chi connectivity index (χ0n) is 10.8. The Hall–Kier alpha value is -1.33. The number of carbonyl (C=O) groups excluding carboxylic acids is 1. The number of ether oxygens (including phenoxy) is 1. The number of halogens is 1. The molecule has 2 aromatic rings. The van der Waals surface area contributed by atoms with E-state index in [2.05, 4.69) is 27.3 Å². The lowest BCUT2D eigenvalue weighted by molar-refractivity contribution is -0.120. The summed E-state index contributed by atoms with van der Waals surface area (Å²) in [6.45, 7) is 1.23. The van der Waals surface area contributed by atoms with Gasteiger partial charge in [-0.25, -0.2) is 0 Å². The third kappa shape index (κ3) is 3.04. The first-order chi connectivity index (χ1) is 9.72. The average Bonchev–Trinajstić information content (AvgIpc) is 3.06. The Labute approximate surface area is 130 Å². The third-order valence-electron chi connectivity index (χ3n) is 3.25. The lowest BCUT2D eigenvalue weighted by Crippen LogP contribution is -2.24. The van der Waals surface area contributed by atoms with Gasteiger partial charge < -0.3 is 10.1 Å². The maximum absolute atomic E-state index is 11.9. The zero-order valence-corrected chi connectivity index (χ0v) is 13.2. The van der Waals surface area contributed by atoms with E-state index < -0.39 is 0 Å². The van der Waals surface area contributed by atoms with E-state index in [0.717, 1.165) is 34.4 Å². The molecule has 104 valence electrons. The number of nitrogens with one attached hydrogen (secondary N) is 1. The molecule has 1 aliphatic heterocycles. The molecule has 1 N–H and O–H groups in total. The molecule has 2 heterocycles. The van der Waals surface area contributed by atoms with E-state index in [1.807, 2.05) is 22.9 Å². The molecule has 0 saturated carbocycles. The Balaban J connectivity index is 1.65. The molecule has 0 unspecified atom stereocenters. The first kappa shape index (κ1) is 13.6. The van der Waals surface area contributed by atoms with E-state index in [1.54, 1.807) is 11.3 Å². The van der Waals surface area contributed by atoms with Crippen LogP contribution in [0.5, 0.6) is 5.75 Å². The van der Waals surface area contributed by atoms with E-state index >= 15 is 0 Å². The van der Waals surface area contributed by atoms with Crippen molar-refractivity contribution in [3.63, 3.8) is 0 Å². The topological polar surface area (TPSA) is 38.3 Å². The molecule has 0 saturated heterocycles. The first-order valence-corrected chi connectivity index (χ1v) is 8.18. The quantitative estimate of drug-likeness (QED) is 0.917. The first-order valence-electron chi connectivity index (χ1n) is 6.44. The number of hydrogen-bond acceptors (Lipinski definition) is 3. The van der Waals surface area contributed by atoms with E-state index in [9.17, 15) is 4.79 Å². The molecule has 3 nitrogen and oxygen atoms in total. The van der Waals surface area contributed by atoms with Crippen molar-refractivity contribution < 1.29 is 9.53 Å². The molecule has 0 spiro atoms. The van der Waals surface area contributed by atoms with Crippen molar-refractivity contribution >= 4 is 33.2 Å². The molecule has 0 radical (unpaired) electrons. The van der Waals surface area contributed by atoms with Gasteiger partial charge in [-0.2, -0.15) is 11.3 Å². The lowest BCUT2D eigenvalue weighted by atomic mass is 10.1. The molecule has 1 aromatic carbocycles. The minimum absolute atomic E-state index is 0.0372. The van der Waals surface area contributed by atoms with Crippen molar-refractivity contribution in [1.29, 1.82) is 0 Å². The highest BCUT2D eigenvalue weighted by atomic mass is 79.9. The summed E-state index contributed by atoms with van der Waals surface area (Å²) in [5.41, 5.74) is 3.30. The SMILES string of the molecule is O=C(Cc1ccsc1)NCc1cc(Br)cc2c1OCC2. The molecule has 5 heteroatoms. The van der Waals surface area contributed by atoms with Crippen molar-refractivity contribution in [2.24, 2.45) is 0 Å². The average molecular weight is 352 g/mol. The maximum Gasteiger partial charge on any atom is 0.224 e. The molecule has 0 bridgehead atoms. The number of fused-ring (bicyclic) bond motifs is 1. The van der Waals surface area contributed by atoms with Gasteiger partial charge in [-0.1, -0.05) is 15.9 Å². The Morgan fingerprint density at radius 2 is 2.35 bits per heavy atom. The molecule has 3 rings (SSSR count). The van der Waals surface area contributed by atoms with Gasteiger partial charge in [0.05, 0.1) is 13.0 Å². The molecule has 0 aliphatic carbocycles. The van der Waals surface area contributed by atoms with Crippen molar-refractivity contribution in [2.45, 2.75) is 19.4 Å². The van der Waals surface area contributed by atoms with Gasteiger partial charge in [0.15, 0.2) is 0 Å². The Morgan fingerprint density at radius 3 is 3.15 bits per heavy atom. The maximum atomic E-state index is 11.9. The van der Waals surface area contributed by atoms with E-state index in [0.29, 0.717) is 13.0 Å². The predicted molar refractivity (Wildman–Crippen MR) is 83.2 cm³/mol. The molecular weight excluding hydrogens is 338 g/mol. The van der Waals surface area contributed by atoms with Gasteiger partial charge in [0, 0.05) is 23.0 Å². The van der Waals surface area contributed by atoms with Gasteiger partial charge in [-0.3, -0.25) is 4.79 Å². The highest BCUT2D eigenvalue weighted by Crippen LogP contribution is 2.32. The van der Waals surface area contributed by atoms with Crippen LogP contribution in [0.15, 0.2) is 33.4 Å². The zero-order chi connectivity index (χ0) is 13.9. The normalized spacial score (nSPS) is 12.8. The molecule has 0 atom stereocenters. The molecule has 1 aliphatic rings. The largest absolute Gasteiger partial charge is 0.493 e. The Bertz CT molecular complexity index is 625. The lowest BCUT2D eigenvalue weighted by Gasteiger charge is -2.10. The fourth-order valence-electron chi connectivity index (χ4n) is 2.31. The van der Waals surface area contributed by atoms with Gasteiger partial charge in [0.1, 0.15) is 5.75 Å². The predicted octanol–water partition coefficient (Wildman–Crippen LogP) is 3.30. The van der Waals surface area contributed by atoms with Crippen molar-refractivity contribution in [2.75, 3.05) is 6.61 Å². The number of carbonyl (C=O) groups is 1. The smallest absolute Gasteiger partial charge is 0.224 e. The highest BCUT2D eigenvalue weighted by Gasteiger charge is 2.17. The molecule has 1 amide bonds. The van der Waals surface area contributed by atoms with Gasteiger partial charge in [-0.15, -0.1) is 0 Å². The van der Waals surface area contributed by atoms with Crippen LogP contribution in [0.4, 0.5) is 0 Å². The van der Waals surface area contributed by atoms with Crippen LogP contribution < -0.4 is 10.1 Å². The summed E-state index contributed by atoms with van der Waals surface area (Å²) in [5.74, 6) is 0.971. The summed E-state index contributed by atoms with van der Waals surface area (Å²) in [6, 6.07) is 6.07. The second-order valence-electron chi connectivity index (χ2n) is 4.74. The summed E-state index contributed by atoms with van der Waals surface area (Å²) in [7, 11) is 0. The van der Waals surface area contributed by atoms with Gasteiger partial charge in [0.25, 0.3) is 0 Å². The van der Waals surface area contributed by atoms with Crippen LogP contribution in [0, 0.1) is 0 Å². The monoisotopic (exact) mass is 351 g/mol. The van der Waals surface area contributed by atoms with E-state index in [4.69, 9.17) is 4.74 Å². The summed E-state index contributed by atoms with van der Waals surface area (Å²) in [5, 5.41) is 6.94. The number of amides is 1. The van der Waals surface area contributed by atoms with Crippen LogP contribution in [-0.4, -0.2) is 12.5 Å². The van der Waals surface area contributed by atoms with Crippen LogP contribution in [0.3, 0.4) is 0 Å². The van der Waals surface area contributed by atoms with Crippen LogP contribution in [0.1, 0.15) is 16.7 Å². The molecule has 0 fully saturated rings. The molecule has 20 heavy (non-hydrogen) atoms. The van der Waals surface area contributed by atoms with E-state index in [-0.39, 0.29) is 5.91 Å². The second-order valence-corrected chi connectivity index (χ2v) is 6.43. The van der Waals surface area contributed by atoms with Gasteiger partial charge >= 0.3 is 0 Å². The highest BCUT2D eigenvalue weighted by molar-refractivity contribution is 9.10. The summed E-state index contributed by atoms with van der Waals surface area (Å²) in [6.07, 6.45) is 1.37. The number of rotatable bonds is 4. The van der Waals surface area contributed by atoms with Gasteiger partial charge in [0.2, 0.25) is 5.91 Å². The third-order valence-corrected chi connectivity index (χ3v) is 4.44. The number of benzene rings is 1. The minimum Gasteiger partial charge on any atom is -0.493 e. The Morgan fingerprint density at radius 1 is 1.45 bits per heavy atom. The van der Waals surface area contributed by atoms with E-state index in [1.165, 1.54) is 5.56 Å². The fraction of sp³-hybridized carbons (Fsp3) is 0.267. The van der Waals surface area contributed by atoms with Crippen molar-refractivity contribution in [3.05, 3.63) is 50.1 Å². The number of thiophene rings is 1. The van der Waals surface area contributed by atoms with Crippen LogP contribution >= 0.6 is 27.3 Å². The minimum atomic E-state index is 0.0372. The summed E-state index contributed by atoms with van der Waals surface area (Å²) in [4.78, 5) is 11.9. The van der Waals surface area contributed by atoms with Crippen LogP contribution in [0.2, 0.25) is 0 Å². The molecular formula is C15H14BrNO2S. The van der Waals surface area contributed by atoms with Crippen molar-refractivity contribution in [1.82, 2.24) is 5.32 Å². The van der Waals surface area contributed by atoms with Crippen molar-refractivity contribution in [3.8, 4) is 5.75 Å². The van der Waals surface area contributed by atoms with Gasteiger partial charge in [-0.05, 0) is 40.1 Å². The van der Waals surface area contributed by atoms with Crippen LogP contribution in [-0.2, 0) is 24.2 Å². The number of hydrogen-bond donors (Lipinski definition) is 1. The second kappa shape index (κ2) is 5.97. The summed E-state index contributed by atoms with van der Waals surface area (Å²) < 4.78 is 6.68. The summed E-state index contributed by atoms with van der Waals surface area (Å²) >= 11 is 5.11.